The number of hydrogen-bond donors (Lipinski definition) is 0. The minimum Gasteiger partial charge on any atom is -0.497 e. The molecule has 0 saturated heterocycles. The van der Waals surface area contributed by atoms with Gasteiger partial charge in [0.05, 0.1) is 13.7 Å². The average Bonchev–Trinajstić information content (AvgIpc) is 2.83. The maximum absolute atomic E-state index is 13.0. The summed E-state index contributed by atoms with van der Waals surface area (Å²) in [6.07, 6.45) is 4.12. The van der Waals surface area contributed by atoms with Gasteiger partial charge in [-0.3, -0.25) is 4.79 Å². The number of rotatable bonds is 6. The number of carbonyl (C=O) groups excluding carboxylic acids is 1. The number of ether oxygens (including phenoxy) is 2. The van der Waals surface area contributed by atoms with E-state index in [0.29, 0.717) is 6.61 Å². The lowest BCUT2D eigenvalue weighted by Crippen LogP contribution is -2.17. The minimum atomic E-state index is -0.351. The van der Waals surface area contributed by atoms with Gasteiger partial charge in [-0.1, -0.05) is 39.3 Å². The van der Waals surface area contributed by atoms with Crippen LogP contribution in [0.5, 0.6) is 11.5 Å². The van der Waals surface area contributed by atoms with E-state index in [9.17, 15) is 4.79 Å². The van der Waals surface area contributed by atoms with Gasteiger partial charge in [-0.2, -0.15) is 0 Å². The van der Waals surface area contributed by atoms with Crippen molar-refractivity contribution in [2.24, 2.45) is 0 Å². The van der Waals surface area contributed by atoms with E-state index in [1.54, 1.807) is 7.11 Å². The fourth-order valence-corrected chi connectivity index (χ4v) is 3.35. The van der Waals surface area contributed by atoms with E-state index < -0.39 is 0 Å². The highest BCUT2D eigenvalue weighted by molar-refractivity contribution is 6.17. The summed E-state index contributed by atoms with van der Waals surface area (Å²) in [5.74, 6) is 1.74. The van der Waals surface area contributed by atoms with Crippen LogP contribution in [0.4, 0.5) is 0 Å². The zero-order valence-electron chi connectivity index (χ0n) is 16.0. The maximum Gasteiger partial charge on any atom is 0.190 e. The Bertz CT molecular complexity index is 829. The highest BCUT2D eigenvalue weighted by Gasteiger charge is 2.41. The van der Waals surface area contributed by atoms with Crippen molar-refractivity contribution in [1.29, 1.82) is 0 Å². The second kappa shape index (κ2) is 7.36. The van der Waals surface area contributed by atoms with Crippen LogP contribution in [0.2, 0.25) is 0 Å². The molecule has 1 aliphatic carbocycles. The van der Waals surface area contributed by atoms with Gasteiger partial charge in [0.2, 0.25) is 0 Å². The molecule has 0 atom stereocenters. The lowest BCUT2D eigenvalue weighted by molar-refractivity contribution is 0.103. The van der Waals surface area contributed by atoms with Crippen molar-refractivity contribution in [2.75, 3.05) is 13.7 Å². The van der Waals surface area contributed by atoms with Crippen molar-refractivity contribution in [2.45, 2.75) is 39.0 Å². The first-order chi connectivity index (χ1) is 12.5. The van der Waals surface area contributed by atoms with E-state index in [1.165, 1.54) is 0 Å². The summed E-state index contributed by atoms with van der Waals surface area (Å²) in [6.45, 7) is 7.05. The number of fused-ring (bicyclic) bond motifs is 1. The molecule has 1 aliphatic rings. The van der Waals surface area contributed by atoms with Crippen LogP contribution in [0.25, 0.3) is 6.08 Å². The van der Waals surface area contributed by atoms with Crippen molar-refractivity contribution >= 4 is 11.9 Å². The van der Waals surface area contributed by atoms with Crippen molar-refractivity contribution in [3.63, 3.8) is 0 Å². The monoisotopic (exact) mass is 350 g/mol. The smallest absolute Gasteiger partial charge is 0.190 e. The second-order valence-electron chi connectivity index (χ2n) is 7.19. The third-order valence-electron chi connectivity index (χ3n) is 5.02. The van der Waals surface area contributed by atoms with Gasteiger partial charge in [0.15, 0.2) is 5.78 Å². The van der Waals surface area contributed by atoms with Crippen LogP contribution in [0, 0.1) is 0 Å². The fourth-order valence-electron chi connectivity index (χ4n) is 3.35. The van der Waals surface area contributed by atoms with Gasteiger partial charge in [0, 0.05) is 16.6 Å². The van der Waals surface area contributed by atoms with Gasteiger partial charge >= 0.3 is 0 Å². The topological polar surface area (TPSA) is 35.5 Å². The molecule has 0 N–H and O–H groups in total. The highest BCUT2D eigenvalue weighted by atomic mass is 16.5. The van der Waals surface area contributed by atoms with Crippen molar-refractivity contribution in [1.82, 2.24) is 0 Å². The summed E-state index contributed by atoms with van der Waals surface area (Å²) in [5, 5.41) is 0. The van der Waals surface area contributed by atoms with Crippen LogP contribution in [0.15, 0.2) is 48.0 Å². The van der Waals surface area contributed by atoms with Crippen LogP contribution < -0.4 is 9.47 Å². The molecule has 136 valence electrons. The molecular weight excluding hydrogens is 324 g/mol. The lowest BCUT2D eigenvalue weighted by Gasteiger charge is -2.21. The van der Waals surface area contributed by atoms with E-state index in [0.717, 1.165) is 46.6 Å². The lowest BCUT2D eigenvalue weighted by atomic mass is 9.82. The van der Waals surface area contributed by atoms with Crippen LogP contribution in [0.1, 0.15) is 55.1 Å². The standard InChI is InChI=1S/C23H26O3/c1-5-6-13-26-18-11-12-19-20(15-18)23(2,3)21(22(19)24)14-16-7-9-17(25-4)10-8-16/h7-12,14-15H,5-6,13H2,1-4H3/b21-14+. The molecule has 0 saturated carbocycles. The predicted octanol–water partition coefficient (Wildman–Crippen LogP) is 5.43. The Morgan fingerprint density at radius 1 is 1.04 bits per heavy atom. The number of methoxy groups -OCH3 is 1. The molecule has 0 spiro atoms. The molecule has 0 amide bonds. The van der Waals surface area contributed by atoms with E-state index in [4.69, 9.17) is 9.47 Å². The summed E-state index contributed by atoms with van der Waals surface area (Å²) in [6, 6.07) is 13.6. The van der Waals surface area contributed by atoms with Gasteiger partial charge in [0.1, 0.15) is 11.5 Å². The quantitative estimate of drug-likeness (QED) is 0.514. The predicted molar refractivity (Wildman–Crippen MR) is 105 cm³/mol. The number of carbonyl (C=O) groups is 1. The summed E-state index contributed by atoms with van der Waals surface area (Å²) in [7, 11) is 1.65. The number of unbranched alkanes of at least 4 members (excludes halogenated alkanes) is 1. The molecule has 26 heavy (non-hydrogen) atoms. The van der Waals surface area contributed by atoms with Crippen LogP contribution >= 0.6 is 0 Å². The highest BCUT2D eigenvalue weighted by Crippen LogP contribution is 2.44. The molecule has 0 bridgehead atoms. The first-order valence-electron chi connectivity index (χ1n) is 9.15. The third-order valence-corrected chi connectivity index (χ3v) is 5.02. The summed E-state index contributed by atoms with van der Waals surface area (Å²) in [4.78, 5) is 13.0. The first-order valence-corrected chi connectivity index (χ1v) is 9.15. The zero-order valence-corrected chi connectivity index (χ0v) is 16.0. The molecule has 2 aromatic carbocycles. The zero-order chi connectivity index (χ0) is 18.7. The van der Waals surface area contributed by atoms with Crippen LogP contribution in [0.3, 0.4) is 0 Å². The van der Waals surface area contributed by atoms with Crippen molar-refractivity contribution in [3.8, 4) is 11.5 Å². The molecule has 3 nitrogen and oxygen atoms in total. The van der Waals surface area contributed by atoms with Crippen molar-refractivity contribution < 1.29 is 14.3 Å². The Labute approximate surface area is 155 Å². The Balaban J connectivity index is 1.93. The van der Waals surface area contributed by atoms with E-state index in [2.05, 4.69) is 20.8 Å². The SMILES string of the molecule is CCCCOc1ccc2c(c1)C(C)(C)/C(=C/c1ccc(OC)cc1)C2=O. The molecule has 0 aliphatic heterocycles. The molecule has 3 heteroatoms. The van der Waals surface area contributed by atoms with E-state index >= 15 is 0 Å². The number of hydrogen-bond acceptors (Lipinski definition) is 3. The Morgan fingerprint density at radius 2 is 1.73 bits per heavy atom. The van der Waals surface area contributed by atoms with Gasteiger partial charge in [-0.15, -0.1) is 0 Å². The van der Waals surface area contributed by atoms with Gasteiger partial charge < -0.3 is 9.47 Å². The molecule has 2 aromatic rings. The van der Waals surface area contributed by atoms with Gasteiger partial charge in [-0.25, -0.2) is 0 Å². The number of benzene rings is 2. The van der Waals surface area contributed by atoms with Crippen LogP contribution in [-0.2, 0) is 5.41 Å². The van der Waals surface area contributed by atoms with Crippen LogP contribution in [-0.4, -0.2) is 19.5 Å². The molecule has 3 rings (SSSR count). The first kappa shape index (κ1) is 18.2. The van der Waals surface area contributed by atoms with E-state index in [-0.39, 0.29) is 11.2 Å². The molecule has 0 unspecified atom stereocenters. The normalized spacial score (nSPS) is 16.6. The third kappa shape index (κ3) is 3.39. The minimum absolute atomic E-state index is 0.0981. The summed E-state index contributed by atoms with van der Waals surface area (Å²) in [5.41, 5.74) is 3.27. The van der Waals surface area contributed by atoms with Crippen molar-refractivity contribution in [3.05, 3.63) is 64.7 Å². The number of ketones is 1. The van der Waals surface area contributed by atoms with E-state index in [1.807, 2.05) is 48.5 Å². The van der Waals surface area contributed by atoms with Gasteiger partial charge in [-0.05, 0) is 54.0 Å². The second-order valence-corrected chi connectivity index (χ2v) is 7.19. The largest absolute Gasteiger partial charge is 0.497 e. The number of Topliss-reactive ketones (excluding diaryl/α,β-unsaturated/α-hetero) is 1. The molecule has 0 fully saturated rings. The fraction of sp³-hybridized carbons (Fsp3) is 0.348. The maximum atomic E-state index is 13.0. The Hall–Kier alpha value is -2.55. The summed E-state index contributed by atoms with van der Waals surface area (Å²) >= 11 is 0. The van der Waals surface area contributed by atoms with Gasteiger partial charge in [0.25, 0.3) is 0 Å². The molecular formula is C23H26O3. The molecule has 0 radical (unpaired) electrons. The molecule has 0 aromatic heterocycles. The average molecular weight is 350 g/mol. The molecule has 0 heterocycles. The Kier molecular flexibility index (Phi) is 5.17. The number of allylic oxidation sites excluding steroid dienone is 1. The summed E-state index contributed by atoms with van der Waals surface area (Å²) < 4.78 is 11.0. The Morgan fingerprint density at radius 3 is 2.38 bits per heavy atom.